The minimum Gasteiger partial charge on any atom is -0.272 e. The van der Waals surface area contributed by atoms with E-state index in [4.69, 9.17) is 16.4 Å². The summed E-state index contributed by atoms with van der Waals surface area (Å²) in [5, 5.41) is 12.9. The molecule has 96 valence electrons. The molecule has 1 fully saturated rings. The number of halogens is 1. The first-order chi connectivity index (χ1) is 8.65. The highest BCUT2D eigenvalue weighted by molar-refractivity contribution is 8.03. The van der Waals surface area contributed by atoms with E-state index in [1.807, 2.05) is 6.07 Å². The molecule has 6 nitrogen and oxygen atoms in total. The quantitative estimate of drug-likeness (QED) is 0.483. The number of aromatic nitrogens is 1. The van der Waals surface area contributed by atoms with E-state index in [0.717, 1.165) is 11.8 Å². The Morgan fingerprint density at radius 2 is 2.50 bits per heavy atom. The summed E-state index contributed by atoms with van der Waals surface area (Å²) in [6.45, 7) is 0.928. The topological polar surface area (TPSA) is 68.5 Å². The fourth-order valence-corrected chi connectivity index (χ4v) is 2.31. The smallest absolute Gasteiger partial charge is 0.266 e. The van der Waals surface area contributed by atoms with E-state index in [1.165, 1.54) is 16.8 Å². The lowest BCUT2D eigenvalue weighted by Crippen LogP contribution is -2.27. The van der Waals surface area contributed by atoms with E-state index < -0.39 is 4.92 Å². The third-order valence-corrected chi connectivity index (χ3v) is 3.36. The molecule has 0 amide bonds. The Bertz CT molecular complexity index is 466. The van der Waals surface area contributed by atoms with Crippen LogP contribution in [0.15, 0.2) is 29.6 Å². The van der Waals surface area contributed by atoms with Crippen molar-refractivity contribution >= 4 is 23.4 Å². The van der Waals surface area contributed by atoms with E-state index in [1.54, 1.807) is 12.3 Å². The van der Waals surface area contributed by atoms with Gasteiger partial charge in [0.25, 0.3) is 6.20 Å². The second kappa shape index (κ2) is 6.03. The van der Waals surface area contributed by atoms with E-state index in [-0.39, 0.29) is 0 Å². The van der Waals surface area contributed by atoms with Crippen molar-refractivity contribution in [3.63, 3.8) is 0 Å². The molecule has 1 aromatic heterocycles. The van der Waals surface area contributed by atoms with Crippen molar-refractivity contribution in [3.8, 4) is 0 Å². The highest BCUT2D eigenvalue weighted by Gasteiger charge is 2.20. The van der Waals surface area contributed by atoms with Gasteiger partial charge in [0.1, 0.15) is 5.15 Å². The Kier molecular flexibility index (Phi) is 4.40. The van der Waals surface area contributed by atoms with Gasteiger partial charge in [-0.2, -0.15) is 0 Å². The summed E-state index contributed by atoms with van der Waals surface area (Å²) < 4.78 is 0. The van der Waals surface area contributed by atoms with Crippen LogP contribution in [0.5, 0.6) is 0 Å². The van der Waals surface area contributed by atoms with Gasteiger partial charge in [0.15, 0.2) is 5.03 Å². The molecule has 1 aliphatic rings. The molecule has 1 aliphatic heterocycles. The van der Waals surface area contributed by atoms with Crippen LogP contribution >= 0.6 is 23.4 Å². The number of nitro groups is 1. The van der Waals surface area contributed by atoms with Crippen molar-refractivity contribution in [1.29, 1.82) is 0 Å². The molecule has 0 unspecified atom stereocenters. The zero-order valence-corrected chi connectivity index (χ0v) is 10.9. The number of hydrogen-bond donors (Lipinski definition) is 0. The van der Waals surface area contributed by atoms with Gasteiger partial charge in [0.2, 0.25) is 0 Å². The van der Waals surface area contributed by atoms with Gasteiger partial charge < -0.3 is 0 Å². The summed E-state index contributed by atoms with van der Waals surface area (Å²) in [7, 11) is 0. The fraction of sp³-hybridized carbons (Fsp3) is 0.300. The molecule has 0 atom stereocenters. The van der Waals surface area contributed by atoms with Crippen molar-refractivity contribution in [2.45, 2.75) is 6.54 Å². The summed E-state index contributed by atoms with van der Waals surface area (Å²) >= 11 is 7.09. The average molecular weight is 288 g/mol. The largest absolute Gasteiger partial charge is 0.272 e. The summed E-state index contributed by atoms with van der Waals surface area (Å²) in [6, 6.07) is 3.48. The average Bonchev–Trinajstić information content (AvgIpc) is 2.34. The van der Waals surface area contributed by atoms with Crippen molar-refractivity contribution in [3.05, 3.63) is 50.4 Å². The van der Waals surface area contributed by atoms with Gasteiger partial charge in [-0.05, 0) is 11.6 Å². The van der Waals surface area contributed by atoms with Crippen LogP contribution in [0.4, 0.5) is 0 Å². The first-order valence-electron chi connectivity index (χ1n) is 5.14. The third kappa shape index (κ3) is 3.59. The molecular formula is C10H10ClN3O3S. The van der Waals surface area contributed by atoms with Crippen LogP contribution in [-0.2, 0) is 11.4 Å². The zero-order chi connectivity index (χ0) is 13.0. The lowest BCUT2D eigenvalue weighted by molar-refractivity contribution is -0.405. The number of nitrogens with zero attached hydrogens (tertiary/aromatic N) is 3. The van der Waals surface area contributed by atoms with Gasteiger partial charge >= 0.3 is 0 Å². The van der Waals surface area contributed by atoms with Crippen LogP contribution in [0.1, 0.15) is 5.56 Å². The molecule has 2 heterocycles. The Morgan fingerprint density at radius 3 is 3.17 bits per heavy atom. The van der Waals surface area contributed by atoms with Gasteiger partial charge in [-0.1, -0.05) is 29.4 Å². The number of pyridine rings is 1. The Balaban J connectivity index is 2.10. The molecule has 0 aromatic carbocycles. The summed E-state index contributed by atoms with van der Waals surface area (Å²) in [5.41, 5.74) is 0.871. The molecule has 0 bridgehead atoms. The SMILES string of the molecule is O=[N+]([O-])C=C1SCCON1Cc1ccc(Cl)nc1. The lowest BCUT2D eigenvalue weighted by atomic mass is 10.3. The summed E-state index contributed by atoms with van der Waals surface area (Å²) in [5.74, 6) is 0.703. The maximum Gasteiger partial charge on any atom is 0.266 e. The van der Waals surface area contributed by atoms with E-state index in [2.05, 4.69) is 4.98 Å². The molecule has 8 heteroatoms. The van der Waals surface area contributed by atoms with Crippen molar-refractivity contribution in [1.82, 2.24) is 10.0 Å². The van der Waals surface area contributed by atoms with Crippen molar-refractivity contribution in [2.75, 3.05) is 12.4 Å². The maximum absolute atomic E-state index is 10.5. The highest BCUT2D eigenvalue weighted by Crippen LogP contribution is 2.27. The van der Waals surface area contributed by atoms with Crippen LogP contribution in [0.2, 0.25) is 5.15 Å². The normalized spacial score (nSPS) is 18.1. The first kappa shape index (κ1) is 13.1. The van der Waals surface area contributed by atoms with Gasteiger partial charge in [-0.3, -0.25) is 15.0 Å². The van der Waals surface area contributed by atoms with Crippen LogP contribution in [0.25, 0.3) is 0 Å². The van der Waals surface area contributed by atoms with Crippen molar-refractivity contribution < 1.29 is 9.76 Å². The molecule has 1 aromatic rings. The molecule has 1 saturated heterocycles. The Hall–Kier alpha value is -1.31. The number of hydroxylamine groups is 2. The predicted octanol–water partition coefficient (Wildman–Crippen LogP) is 2.29. The first-order valence-corrected chi connectivity index (χ1v) is 6.50. The second-order valence-electron chi connectivity index (χ2n) is 3.46. The monoisotopic (exact) mass is 287 g/mol. The molecule has 18 heavy (non-hydrogen) atoms. The summed E-state index contributed by atoms with van der Waals surface area (Å²) in [4.78, 5) is 19.4. The highest BCUT2D eigenvalue weighted by atomic mass is 35.5. The molecule has 0 radical (unpaired) electrons. The minimum absolute atomic E-state index is 0.400. The van der Waals surface area contributed by atoms with E-state index in [9.17, 15) is 10.1 Å². The number of rotatable bonds is 3. The standard InChI is InChI=1S/C10H10ClN3O3S/c11-9-2-1-8(5-12-9)6-13-10(7-14(15)16)18-4-3-17-13/h1-2,5,7H,3-4,6H2. The van der Waals surface area contributed by atoms with Gasteiger partial charge in [0, 0.05) is 11.9 Å². The van der Waals surface area contributed by atoms with E-state index >= 15 is 0 Å². The number of hydrogen-bond acceptors (Lipinski definition) is 6. The molecular weight excluding hydrogens is 278 g/mol. The Labute approximate surface area is 113 Å². The summed E-state index contributed by atoms with van der Waals surface area (Å²) in [6.07, 6.45) is 2.57. The second-order valence-corrected chi connectivity index (χ2v) is 4.96. The Morgan fingerprint density at radius 1 is 1.67 bits per heavy atom. The fourth-order valence-electron chi connectivity index (χ4n) is 1.41. The van der Waals surface area contributed by atoms with Crippen LogP contribution in [0.3, 0.4) is 0 Å². The molecule has 0 spiro atoms. The maximum atomic E-state index is 10.5. The number of thioether (sulfide) groups is 1. The van der Waals surface area contributed by atoms with Crippen LogP contribution < -0.4 is 0 Å². The van der Waals surface area contributed by atoms with Gasteiger partial charge in [-0.15, -0.1) is 0 Å². The molecule has 2 rings (SSSR count). The third-order valence-electron chi connectivity index (χ3n) is 2.16. The zero-order valence-electron chi connectivity index (χ0n) is 9.28. The molecule has 0 N–H and O–H groups in total. The van der Waals surface area contributed by atoms with Crippen LogP contribution in [-0.4, -0.2) is 27.3 Å². The predicted molar refractivity (Wildman–Crippen MR) is 68.3 cm³/mol. The van der Waals surface area contributed by atoms with E-state index in [0.29, 0.717) is 29.1 Å². The lowest BCUT2D eigenvalue weighted by Gasteiger charge is -2.28. The van der Waals surface area contributed by atoms with Gasteiger partial charge in [0.05, 0.1) is 18.1 Å². The molecule has 0 saturated carbocycles. The molecule has 0 aliphatic carbocycles. The van der Waals surface area contributed by atoms with Crippen LogP contribution in [0, 0.1) is 10.1 Å². The van der Waals surface area contributed by atoms with Gasteiger partial charge in [-0.25, -0.2) is 10.0 Å². The van der Waals surface area contributed by atoms with Crippen molar-refractivity contribution in [2.24, 2.45) is 0 Å². The minimum atomic E-state index is -0.482.